The van der Waals surface area contributed by atoms with Gasteiger partial charge in [-0.25, -0.2) is 14.5 Å². The zero-order valence-electron chi connectivity index (χ0n) is 16.5. The Morgan fingerprint density at radius 2 is 2.06 bits per heavy atom. The Hall–Kier alpha value is -2.82. The predicted octanol–water partition coefficient (Wildman–Crippen LogP) is 3.12. The van der Waals surface area contributed by atoms with Gasteiger partial charge in [0.25, 0.3) is 5.91 Å². The summed E-state index contributed by atoms with van der Waals surface area (Å²) in [6, 6.07) is 3.79. The van der Waals surface area contributed by atoms with Crippen molar-refractivity contribution in [1.29, 1.82) is 0 Å². The summed E-state index contributed by atoms with van der Waals surface area (Å²) in [5.41, 5.74) is 3.39. The number of hydrogen-bond donors (Lipinski definition) is 1. The van der Waals surface area contributed by atoms with Gasteiger partial charge in [0, 0.05) is 31.4 Å². The molecule has 1 aliphatic carbocycles. The molecule has 5 heterocycles. The molecule has 4 aromatic heterocycles. The second-order valence-electron chi connectivity index (χ2n) is 7.51. The standard InChI is InChI=1S/C20H19N7O2S.ClH/c28-19(13-11-22-27-5-1-4-21-18(13)27)23-14-10-15-17(24-16(14)12-2-3-12)25-20(30-15)26-6-8-29-9-7-26;/h1,4-5,10-12H,2-3,6-9H2,(H,23,28);1H. The van der Waals surface area contributed by atoms with Crippen LogP contribution in [-0.2, 0) is 4.74 Å². The molecule has 2 fully saturated rings. The number of halogens is 1. The number of rotatable bonds is 4. The van der Waals surface area contributed by atoms with Crippen molar-refractivity contribution in [1.82, 2.24) is 24.6 Å². The lowest BCUT2D eigenvalue weighted by Crippen LogP contribution is -2.36. The smallest absolute Gasteiger partial charge is 0.261 e. The van der Waals surface area contributed by atoms with Crippen molar-refractivity contribution in [3.63, 3.8) is 0 Å². The van der Waals surface area contributed by atoms with E-state index in [4.69, 9.17) is 14.7 Å². The van der Waals surface area contributed by atoms with Crippen molar-refractivity contribution in [3.05, 3.63) is 42.0 Å². The lowest BCUT2D eigenvalue weighted by Gasteiger charge is -2.25. The number of morpholine rings is 1. The molecule has 0 radical (unpaired) electrons. The molecule has 2 aliphatic rings. The number of nitrogens with zero attached hydrogens (tertiary/aromatic N) is 6. The third kappa shape index (κ3) is 3.71. The summed E-state index contributed by atoms with van der Waals surface area (Å²) in [5.74, 6) is 0.143. The second-order valence-corrected chi connectivity index (χ2v) is 8.52. The number of ether oxygens (including phenoxy) is 1. The lowest BCUT2D eigenvalue weighted by molar-refractivity contribution is 0.102. The van der Waals surface area contributed by atoms with Gasteiger partial charge in [-0.2, -0.15) is 10.1 Å². The zero-order valence-corrected chi connectivity index (χ0v) is 18.2. The van der Waals surface area contributed by atoms with Crippen LogP contribution in [0, 0.1) is 0 Å². The maximum Gasteiger partial charge on any atom is 0.261 e. The Morgan fingerprint density at radius 3 is 2.87 bits per heavy atom. The van der Waals surface area contributed by atoms with Crippen molar-refractivity contribution in [2.45, 2.75) is 18.8 Å². The molecule has 1 aliphatic heterocycles. The maximum atomic E-state index is 13.0. The Kier molecular flexibility index (Phi) is 5.20. The van der Waals surface area contributed by atoms with E-state index in [1.165, 1.54) is 0 Å². The first-order valence-electron chi connectivity index (χ1n) is 10.00. The number of amides is 1. The van der Waals surface area contributed by atoms with Crippen LogP contribution in [0.4, 0.5) is 10.8 Å². The molecule has 160 valence electrons. The van der Waals surface area contributed by atoms with Gasteiger partial charge in [0.2, 0.25) is 0 Å². The molecule has 9 nitrogen and oxygen atoms in total. The van der Waals surface area contributed by atoms with E-state index in [1.807, 2.05) is 6.07 Å². The van der Waals surface area contributed by atoms with Crippen molar-refractivity contribution >= 4 is 56.5 Å². The van der Waals surface area contributed by atoms with Gasteiger partial charge in [-0.3, -0.25) is 4.79 Å². The maximum absolute atomic E-state index is 13.0. The van der Waals surface area contributed by atoms with Crippen LogP contribution in [-0.4, -0.2) is 56.8 Å². The van der Waals surface area contributed by atoms with Crippen LogP contribution in [0.15, 0.2) is 30.7 Å². The summed E-state index contributed by atoms with van der Waals surface area (Å²) in [7, 11) is 0. The van der Waals surface area contributed by atoms with Crippen LogP contribution in [0.25, 0.3) is 16.0 Å². The molecule has 11 heteroatoms. The van der Waals surface area contributed by atoms with Crippen molar-refractivity contribution in [2.75, 3.05) is 36.5 Å². The number of carbonyl (C=O) groups is 1. The van der Waals surface area contributed by atoms with Gasteiger partial charge in [-0.05, 0) is 25.0 Å². The number of anilines is 2. The molecule has 0 spiro atoms. The molecule has 0 bridgehead atoms. The predicted molar refractivity (Wildman–Crippen MR) is 121 cm³/mol. The molecule has 1 N–H and O–H groups in total. The topological polar surface area (TPSA) is 97.5 Å². The number of pyridine rings is 1. The van der Waals surface area contributed by atoms with Crippen molar-refractivity contribution in [2.24, 2.45) is 0 Å². The molecule has 1 saturated carbocycles. The second kappa shape index (κ2) is 8.03. The minimum atomic E-state index is -0.232. The number of carbonyl (C=O) groups excluding carboxylic acids is 1. The number of nitrogens with one attached hydrogen (secondary N) is 1. The molecule has 0 unspecified atom stereocenters. The van der Waals surface area contributed by atoms with Crippen LogP contribution in [0.5, 0.6) is 0 Å². The third-order valence-corrected chi connectivity index (χ3v) is 6.47. The molecular weight excluding hydrogens is 438 g/mol. The Morgan fingerprint density at radius 1 is 1.23 bits per heavy atom. The monoisotopic (exact) mass is 457 g/mol. The van der Waals surface area contributed by atoms with E-state index in [1.54, 1.807) is 40.5 Å². The van der Waals surface area contributed by atoms with Gasteiger partial charge >= 0.3 is 0 Å². The molecule has 0 atom stereocenters. The van der Waals surface area contributed by atoms with Crippen LogP contribution < -0.4 is 10.2 Å². The van der Waals surface area contributed by atoms with Gasteiger partial charge in [0.05, 0.1) is 35.5 Å². The fraction of sp³-hybridized carbons (Fsp3) is 0.350. The average molecular weight is 458 g/mol. The highest BCUT2D eigenvalue weighted by Crippen LogP contribution is 2.44. The molecule has 0 aromatic carbocycles. The first-order chi connectivity index (χ1) is 14.8. The Bertz CT molecular complexity index is 1260. The highest BCUT2D eigenvalue weighted by Gasteiger charge is 2.30. The third-order valence-electron chi connectivity index (χ3n) is 5.42. The highest BCUT2D eigenvalue weighted by atomic mass is 35.5. The molecular formula is C20H20ClN7O2S. The molecule has 1 saturated heterocycles. The average Bonchev–Trinajstić information content (AvgIpc) is 3.39. The molecule has 31 heavy (non-hydrogen) atoms. The SMILES string of the molecule is Cl.O=C(Nc1cc2sc(N3CCOCC3)nc2nc1C1CC1)c1cnn2cccnc12. The minimum Gasteiger partial charge on any atom is -0.378 e. The van der Waals surface area contributed by atoms with E-state index in [0.29, 0.717) is 30.3 Å². The summed E-state index contributed by atoms with van der Waals surface area (Å²) in [4.78, 5) is 29.1. The Balaban J connectivity index is 0.00000204. The first kappa shape index (κ1) is 20.1. The summed E-state index contributed by atoms with van der Waals surface area (Å²) < 4.78 is 8.00. The van der Waals surface area contributed by atoms with Crippen LogP contribution in [0.3, 0.4) is 0 Å². The van der Waals surface area contributed by atoms with E-state index >= 15 is 0 Å². The van der Waals surface area contributed by atoms with Gasteiger partial charge < -0.3 is 15.0 Å². The summed E-state index contributed by atoms with van der Waals surface area (Å²) in [6.07, 6.45) is 7.14. The number of thiazole rings is 1. The van der Waals surface area contributed by atoms with E-state index in [2.05, 4.69) is 20.3 Å². The fourth-order valence-electron chi connectivity index (χ4n) is 3.70. The van der Waals surface area contributed by atoms with E-state index in [0.717, 1.165) is 52.8 Å². The normalized spacial score (nSPS) is 16.5. The van der Waals surface area contributed by atoms with E-state index in [9.17, 15) is 4.79 Å². The zero-order chi connectivity index (χ0) is 20.1. The van der Waals surface area contributed by atoms with Crippen LogP contribution >= 0.6 is 23.7 Å². The quantitative estimate of drug-likeness (QED) is 0.502. The van der Waals surface area contributed by atoms with Crippen LogP contribution in [0.2, 0.25) is 0 Å². The number of hydrogen-bond acceptors (Lipinski definition) is 8. The van der Waals surface area contributed by atoms with Gasteiger partial charge in [-0.1, -0.05) is 11.3 Å². The summed E-state index contributed by atoms with van der Waals surface area (Å²) in [6.45, 7) is 3.10. The largest absolute Gasteiger partial charge is 0.378 e. The summed E-state index contributed by atoms with van der Waals surface area (Å²) in [5, 5.41) is 8.22. The lowest BCUT2D eigenvalue weighted by atomic mass is 10.2. The van der Waals surface area contributed by atoms with Crippen molar-refractivity contribution < 1.29 is 9.53 Å². The van der Waals surface area contributed by atoms with E-state index in [-0.39, 0.29) is 18.3 Å². The number of fused-ring (bicyclic) bond motifs is 2. The van der Waals surface area contributed by atoms with Gasteiger partial charge in [0.15, 0.2) is 16.4 Å². The molecule has 6 rings (SSSR count). The summed E-state index contributed by atoms with van der Waals surface area (Å²) >= 11 is 1.60. The molecule has 1 amide bonds. The Labute approximate surface area is 187 Å². The van der Waals surface area contributed by atoms with Crippen molar-refractivity contribution in [3.8, 4) is 0 Å². The minimum absolute atomic E-state index is 0. The first-order valence-corrected chi connectivity index (χ1v) is 10.8. The molecule has 4 aromatic rings. The number of aromatic nitrogens is 5. The van der Waals surface area contributed by atoms with Gasteiger partial charge in [0.1, 0.15) is 5.56 Å². The van der Waals surface area contributed by atoms with Crippen LogP contribution in [0.1, 0.15) is 34.8 Å². The van der Waals surface area contributed by atoms with Gasteiger partial charge in [-0.15, -0.1) is 12.4 Å². The fourth-order valence-corrected chi connectivity index (χ4v) is 4.70. The highest BCUT2D eigenvalue weighted by molar-refractivity contribution is 7.22. The van der Waals surface area contributed by atoms with E-state index < -0.39 is 0 Å².